The lowest BCUT2D eigenvalue weighted by Crippen LogP contribution is -2.58. The SMILES string of the molecule is CC(N)C(=O)NC(Cc1cnc[nH]1)C(=O)NC(CC(=O)O)C(=O)NC(Cc1ccc(O)cc1)C(=O)O. The Morgan fingerprint density at radius 1 is 0.917 bits per heavy atom. The van der Waals surface area contributed by atoms with Crippen molar-refractivity contribution in [3.63, 3.8) is 0 Å². The second-order valence-electron chi connectivity index (χ2n) is 8.06. The average molecular weight is 505 g/mol. The van der Waals surface area contributed by atoms with E-state index in [-0.39, 0.29) is 18.6 Å². The third-order valence-corrected chi connectivity index (χ3v) is 5.03. The van der Waals surface area contributed by atoms with Crippen molar-refractivity contribution in [2.75, 3.05) is 0 Å². The number of nitrogens with zero attached hydrogens (tertiary/aromatic N) is 1. The molecule has 3 amide bonds. The van der Waals surface area contributed by atoms with E-state index in [0.717, 1.165) is 0 Å². The molecule has 0 fully saturated rings. The van der Waals surface area contributed by atoms with Gasteiger partial charge in [0.25, 0.3) is 0 Å². The van der Waals surface area contributed by atoms with Crippen molar-refractivity contribution in [2.24, 2.45) is 5.73 Å². The predicted octanol–water partition coefficient (Wildman–Crippen LogP) is -1.74. The zero-order chi connectivity index (χ0) is 26.8. The van der Waals surface area contributed by atoms with E-state index in [1.807, 2.05) is 0 Å². The van der Waals surface area contributed by atoms with Gasteiger partial charge in [-0.25, -0.2) is 9.78 Å². The van der Waals surface area contributed by atoms with Gasteiger partial charge in [-0.15, -0.1) is 0 Å². The van der Waals surface area contributed by atoms with Crippen LogP contribution in [0.2, 0.25) is 0 Å². The van der Waals surface area contributed by atoms with Gasteiger partial charge in [-0.2, -0.15) is 0 Å². The van der Waals surface area contributed by atoms with Crippen LogP contribution in [0.1, 0.15) is 24.6 Å². The van der Waals surface area contributed by atoms with Crippen LogP contribution in [0.25, 0.3) is 0 Å². The Labute approximate surface area is 205 Å². The number of H-pyrrole nitrogens is 1. The summed E-state index contributed by atoms with van der Waals surface area (Å²) in [6.45, 7) is 1.40. The number of benzene rings is 1. The second-order valence-corrected chi connectivity index (χ2v) is 8.06. The Kier molecular flexibility index (Phi) is 9.92. The number of phenols is 1. The van der Waals surface area contributed by atoms with Crippen LogP contribution >= 0.6 is 0 Å². The largest absolute Gasteiger partial charge is 0.508 e. The molecule has 2 aromatic rings. The Bertz CT molecular complexity index is 1070. The first-order chi connectivity index (χ1) is 17.0. The van der Waals surface area contributed by atoms with Gasteiger partial charge in [0.1, 0.15) is 23.9 Å². The molecule has 0 radical (unpaired) electrons. The van der Waals surface area contributed by atoms with Gasteiger partial charge < -0.3 is 42.0 Å². The quantitative estimate of drug-likeness (QED) is 0.153. The van der Waals surface area contributed by atoms with E-state index in [1.54, 1.807) is 0 Å². The fourth-order valence-electron chi connectivity index (χ4n) is 3.13. The summed E-state index contributed by atoms with van der Waals surface area (Å²) in [7, 11) is 0. The predicted molar refractivity (Wildman–Crippen MR) is 123 cm³/mol. The summed E-state index contributed by atoms with van der Waals surface area (Å²) >= 11 is 0. The number of aliphatic carboxylic acids is 2. The number of phenolic OH excluding ortho intramolecular Hbond substituents is 1. The third-order valence-electron chi connectivity index (χ3n) is 5.03. The van der Waals surface area contributed by atoms with Gasteiger partial charge in [-0.05, 0) is 24.6 Å². The van der Waals surface area contributed by atoms with Gasteiger partial charge >= 0.3 is 11.9 Å². The molecule has 14 nitrogen and oxygen atoms in total. The maximum atomic E-state index is 13.0. The summed E-state index contributed by atoms with van der Waals surface area (Å²) in [4.78, 5) is 67.6. The Morgan fingerprint density at radius 3 is 2.03 bits per heavy atom. The second kappa shape index (κ2) is 12.9. The van der Waals surface area contributed by atoms with Crippen LogP contribution in [0.5, 0.6) is 5.75 Å². The van der Waals surface area contributed by atoms with E-state index < -0.39 is 60.2 Å². The van der Waals surface area contributed by atoms with Gasteiger partial charge in [-0.3, -0.25) is 19.2 Å². The summed E-state index contributed by atoms with van der Waals surface area (Å²) in [5.74, 6) is -5.43. The minimum absolute atomic E-state index is 0.0281. The van der Waals surface area contributed by atoms with Crippen molar-refractivity contribution in [1.29, 1.82) is 0 Å². The van der Waals surface area contributed by atoms with E-state index in [1.165, 1.54) is 43.7 Å². The lowest BCUT2D eigenvalue weighted by Gasteiger charge is -2.24. The number of carboxylic acid groups (broad SMARTS) is 2. The summed E-state index contributed by atoms with van der Waals surface area (Å²) in [6.07, 6.45) is 1.70. The molecule has 36 heavy (non-hydrogen) atoms. The topological polar surface area (TPSA) is 237 Å². The number of aromatic nitrogens is 2. The van der Waals surface area contributed by atoms with E-state index in [2.05, 4.69) is 25.9 Å². The molecule has 0 bridgehead atoms. The van der Waals surface area contributed by atoms with Crippen molar-refractivity contribution >= 4 is 29.7 Å². The number of rotatable bonds is 13. The van der Waals surface area contributed by atoms with Crippen LogP contribution in [-0.2, 0) is 36.8 Å². The summed E-state index contributed by atoms with van der Waals surface area (Å²) in [5.41, 5.74) is 6.51. The summed E-state index contributed by atoms with van der Waals surface area (Å²) < 4.78 is 0. The molecule has 9 N–H and O–H groups in total. The Balaban J connectivity index is 2.18. The van der Waals surface area contributed by atoms with Crippen LogP contribution in [0.15, 0.2) is 36.8 Å². The van der Waals surface area contributed by atoms with Crippen molar-refractivity contribution < 1.29 is 39.3 Å². The number of amides is 3. The molecule has 4 unspecified atom stereocenters. The molecule has 0 aliphatic carbocycles. The van der Waals surface area contributed by atoms with E-state index >= 15 is 0 Å². The van der Waals surface area contributed by atoms with Crippen LogP contribution in [0, 0.1) is 0 Å². The highest BCUT2D eigenvalue weighted by Gasteiger charge is 2.31. The maximum Gasteiger partial charge on any atom is 0.326 e. The maximum absolute atomic E-state index is 13.0. The standard InChI is InChI=1S/C22H28N6O8/c1-11(23)19(32)26-15(7-13-9-24-10-25-13)20(33)27-16(8-18(30)31)21(34)28-17(22(35)36)6-12-2-4-14(29)5-3-12/h2-5,9-11,15-17,29H,6-8,23H2,1H3,(H,24,25)(H,26,32)(H,27,33)(H,28,34)(H,30,31)(H,35,36). The number of hydrogen-bond donors (Lipinski definition) is 8. The first kappa shape index (κ1) is 27.8. The molecule has 194 valence electrons. The van der Waals surface area contributed by atoms with Crippen molar-refractivity contribution in [3.05, 3.63) is 48.0 Å². The van der Waals surface area contributed by atoms with Crippen LogP contribution in [0.4, 0.5) is 0 Å². The number of imidazole rings is 1. The summed E-state index contributed by atoms with van der Waals surface area (Å²) in [6, 6.07) is 0.350. The number of nitrogens with two attached hydrogens (primary N) is 1. The van der Waals surface area contributed by atoms with E-state index in [9.17, 15) is 39.3 Å². The number of aromatic amines is 1. The van der Waals surface area contributed by atoms with Crippen molar-refractivity contribution in [2.45, 2.75) is 50.4 Å². The zero-order valence-electron chi connectivity index (χ0n) is 19.3. The highest BCUT2D eigenvalue weighted by atomic mass is 16.4. The van der Waals surface area contributed by atoms with Gasteiger partial charge in [0.05, 0.1) is 18.8 Å². The molecular formula is C22H28N6O8. The molecule has 0 saturated carbocycles. The highest BCUT2D eigenvalue weighted by molar-refractivity contribution is 5.95. The van der Waals surface area contributed by atoms with Crippen LogP contribution in [0.3, 0.4) is 0 Å². The van der Waals surface area contributed by atoms with Crippen LogP contribution < -0.4 is 21.7 Å². The van der Waals surface area contributed by atoms with Gasteiger partial charge in [0.15, 0.2) is 0 Å². The van der Waals surface area contributed by atoms with E-state index in [4.69, 9.17) is 5.73 Å². The third kappa shape index (κ3) is 8.72. The zero-order valence-corrected chi connectivity index (χ0v) is 19.3. The molecule has 0 saturated heterocycles. The molecule has 1 aromatic heterocycles. The average Bonchev–Trinajstić information content (AvgIpc) is 3.31. The van der Waals surface area contributed by atoms with Crippen LogP contribution in [-0.4, -0.2) is 79.1 Å². The van der Waals surface area contributed by atoms with E-state index in [0.29, 0.717) is 11.3 Å². The number of carboxylic acids is 2. The lowest BCUT2D eigenvalue weighted by atomic mass is 10.0. The van der Waals surface area contributed by atoms with Gasteiger partial charge in [0, 0.05) is 24.7 Å². The van der Waals surface area contributed by atoms with Crippen molar-refractivity contribution in [3.8, 4) is 5.75 Å². The number of carbonyl (C=O) groups is 5. The fraction of sp³-hybridized carbons (Fsp3) is 0.364. The fourth-order valence-corrected chi connectivity index (χ4v) is 3.13. The van der Waals surface area contributed by atoms with Gasteiger partial charge in [0.2, 0.25) is 17.7 Å². The normalized spacial score (nSPS) is 14.1. The number of nitrogens with one attached hydrogen (secondary N) is 4. The highest BCUT2D eigenvalue weighted by Crippen LogP contribution is 2.12. The molecule has 0 spiro atoms. The number of carbonyl (C=O) groups excluding carboxylic acids is 3. The Hall–Kier alpha value is -4.46. The lowest BCUT2D eigenvalue weighted by molar-refractivity contribution is -0.143. The molecule has 0 aliphatic rings. The smallest absolute Gasteiger partial charge is 0.326 e. The molecule has 0 aliphatic heterocycles. The monoisotopic (exact) mass is 504 g/mol. The number of aromatic hydroxyl groups is 1. The van der Waals surface area contributed by atoms with Crippen molar-refractivity contribution in [1.82, 2.24) is 25.9 Å². The molecule has 1 heterocycles. The summed E-state index contributed by atoms with van der Waals surface area (Å²) in [5, 5.41) is 35.1. The molecule has 14 heteroatoms. The molecule has 1 aromatic carbocycles. The molecule has 4 atom stereocenters. The molecule has 2 rings (SSSR count). The minimum atomic E-state index is -1.65. The minimum Gasteiger partial charge on any atom is -0.508 e. The first-order valence-corrected chi connectivity index (χ1v) is 10.8. The van der Waals surface area contributed by atoms with Gasteiger partial charge in [-0.1, -0.05) is 12.1 Å². The Morgan fingerprint density at radius 2 is 1.50 bits per heavy atom. The first-order valence-electron chi connectivity index (χ1n) is 10.8. The number of hydrogen-bond acceptors (Lipinski definition) is 8. The molecular weight excluding hydrogens is 476 g/mol.